The zero-order chi connectivity index (χ0) is 13.1. The molecule has 0 aliphatic heterocycles. The lowest BCUT2D eigenvalue weighted by Gasteiger charge is -2.08. The maximum atomic E-state index is 13.0. The SMILES string of the molecule is Cc1cc(Br)cc(NCc2ccc(F)c(F)c2)c1. The average molecular weight is 312 g/mol. The second kappa shape index (κ2) is 5.48. The lowest BCUT2D eigenvalue weighted by Crippen LogP contribution is -2.00. The van der Waals surface area contributed by atoms with Gasteiger partial charge in [0, 0.05) is 16.7 Å². The van der Waals surface area contributed by atoms with Crippen molar-refractivity contribution in [2.75, 3.05) is 5.32 Å². The monoisotopic (exact) mass is 311 g/mol. The van der Waals surface area contributed by atoms with E-state index in [4.69, 9.17) is 0 Å². The molecule has 94 valence electrons. The molecule has 0 saturated heterocycles. The van der Waals surface area contributed by atoms with Crippen molar-refractivity contribution in [1.29, 1.82) is 0 Å². The van der Waals surface area contributed by atoms with Crippen LogP contribution in [0.4, 0.5) is 14.5 Å². The number of hydrogen-bond donors (Lipinski definition) is 1. The Bertz CT molecular complexity index is 549. The molecule has 2 rings (SSSR count). The number of rotatable bonds is 3. The van der Waals surface area contributed by atoms with Crippen molar-refractivity contribution in [2.45, 2.75) is 13.5 Å². The number of aryl methyl sites for hydroxylation is 1. The lowest BCUT2D eigenvalue weighted by molar-refractivity contribution is 0.507. The van der Waals surface area contributed by atoms with Gasteiger partial charge in [0.2, 0.25) is 0 Å². The van der Waals surface area contributed by atoms with E-state index in [0.29, 0.717) is 12.1 Å². The maximum Gasteiger partial charge on any atom is 0.159 e. The van der Waals surface area contributed by atoms with Crippen molar-refractivity contribution in [3.05, 3.63) is 63.6 Å². The van der Waals surface area contributed by atoms with E-state index in [1.807, 2.05) is 25.1 Å². The third kappa shape index (κ3) is 3.29. The first-order valence-electron chi connectivity index (χ1n) is 5.49. The summed E-state index contributed by atoms with van der Waals surface area (Å²) in [5.74, 6) is -1.64. The van der Waals surface area contributed by atoms with Gasteiger partial charge >= 0.3 is 0 Å². The van der Waals surface area contributed by atoms with E-state index in [1.54, 1.807) is 6.07 Å². The van der Waals surface area contributed by atoms with Crippen molar-refractivity contribution in [3.63, 3.8) is 0 Å². The van der Waals surface area contributed by atoms with Crippen molar-refractivity contribution in [1.82, 2.24) is 0 Å². The van der Waals surface area contributed by atoms with Crippen LogP contribution in [0.15, 0.2) is 40.9 Å². The first kappa shape index (κ1) is 13.0. The summed E-state index contributed by atoms with van der Waals surface area (Å²) in [4.78, 5) is 0. The summed E-state index contributed by atoms with van der Waals surface area (Å²) in [5.41, 5.74) is 2.76. The third-order valence-electron chi connectivity index (χ3n) is 2.52. The van der Waals surface area contributed by atoms with Crippen molar-refractivity contribution < 1.29 is 8.78 Å². The van der Waals surface area contributed by atoms with E-state index in [9.17, 15) is 8.78 Å². The van der Waals surface area contributed by atoms with Gasteiger partial charge in [0.1, 0.15) is 0 Å². The molecule has 0 unspecified atom stereocenters. The van der Waals surface area contributed by atoms with Crippen LogP contribution in [0.3, 0.4) is 0 Å². The molecule has 0 amide bonds. The average Bonchev–Trinajstić information content (AvgIpc) is 2.29. The van der Waals surface area contributed by atoms with Gasteiger partial charge in [-0.05, 0) is 48.4 Å². The number of anilines is 1. The minimum atomic E-state index is -0.822. The summed E-state index contributed by atoms with van der Waals surface area (Å²) in [6, 6.07) is 9.84. The quantitative estimate of drug-likeness (QED) is 0.870. The molecule has 2 aromatic carbocycles. The Hall–Kier alpha value is -1.42. The smallest absolute Gasteiger partial charge is 0.159 e. The first-order valence-corrected chi connectivity index (χ1v) is 6.29. The molecule has 4 heteroatoms. The number of halogens is 3. The molecule has 0 heterocycles. The molecule has 1 N–H and O–H groups in total. The van der Waals surface area contributed by atoms with E-state index in [1.165, 1.54) is 6.07 Å². The molecule has 0 aliphatic carbocycles. The maximum absolute atomic E-state index is 13.0. The van der Waals surface area contributed by atoms with Crippen LogP contribution in [0.1, 0.15) is 11.1 Å². The van der Waals surface area contributed by atoms with Crippen LogP contribution in [0.25, 0.3) is 0 Å². The molecule has 0 bridgehead atoms. The minimum absolute atomic E-state index is 0.451. The summed E-state index contributed by atoms with van der Waals surface area (Å²) in [6.45, 7) is 2.45. The summed E-state index contributed by atoms with van der Waals surface area (Å²) in [5, 5.41) is 3.17. The molecule has 18 heavy (non-hydrogen) atoms. The van der Waals surface area contributed by atoms with Gasteiger partial charge in [0.05, 0.1) is 0 Å². The number of benzene rings is 2. The highest BCUT2D eigenvalue weighted by Crippen LogP contribution is 2.20. The molecule has 0 spiro atoms. The van der Waals surface area contributed by atoms with E-state index >= 15 is 0 Å². The molecule has 2 aromatic rings. The van der Waals surface area contributed by atoms with Crippen LogP contribution < -0.4 is 5.32 Å². The summed E-state index contributed by atoms with van der Waals surface area (Å²) in [6.07, 6.45) is 0. The summed E-state index contributed by atoms with van der Waals surface area (Å²) in [7, 11) is 0. The van der Waals surface area contributed by atoms with Gasteiger partial charge in [0.25, 0.3) is 0 Å². The van der Waals surface area contributed by atoms with Crippen LogP contribution in [0.2, 0.25) is 0 Å². The van der Waals surface area contributed by atoms with Crippen LogP contribution in [0.5, 0.6) is 0 Å². The molecular weight excluding hydrogens is 300 g/mol. The standard InChI is InChI=1S/C14H12BrF2N/c1-9-4-11(15)7-12(5-9)18-8-10-2-3-13(16)14(17)6-10/h2-7,18H,8H2,1H3. The highest BCUT2D eigenvalue weighted by molar-refractivity contribution is 9.10. The summed E-state index contributed by atoms with van der Waals surface area (Å²) < 4.78 is 26.8. The second-order valence-electron chi connectivity index (χ2n) is 4.12. The van der Waals surface area contributed by atoms with E-state index in [-0.39, 0.29) is 0 Å². The molecule has 0 saturated carbocycles. The fourth-order valence-electron chi connectivity index (χ4n) is 1.69. The largest absolute Gasteiger partial charge is 0.381 e. The fraction of sp³-hybridized carbons (Fsp3) is 0.143. The predicted molar refractivity (Wildman–Crippen MR) is 72.6 cm³/mol. The van der Waals surface area contributed by atoms with Gasteiger partial charge in [-0.1, -0.05) is 22.0 Å². The minimum Gasteiger partial charge on any atom is -0.381 e. The fourth-order valence-corrected chi connectivity index (χ4v) is 2.30. The van der Waals surface area contributed by atoms with E-state index in [0.717, 1.165) is 21.8 Å². The molecule has 0 radical (unpaired) electrons. The Kier molecular flexibility index (Phi) is 3.97. The van der Waals surface area contributed by atoms with Gasteiger partial charge in [-0.2, -0.15) is 0 Å². The molecule has 0 aromatic heterocycles. The van der Waals surface area contributed by atoms with Gasteiger partial charge in [-0.25, -0.2) is 8.78 Å². The predicted octanol–water partition coefficient (Wildman–Crippen LogP) is 4.65. The van der Waals surface area contributed by atoms with Crippen LogP contribution in [-0.2, 0) is 6.54 Å². The Balaban J connectivity index is 2.08. The number of nitrogens with one attached hydrogen (secondary N) is 1. The van der Waals surface area contributed by atoms with Gasteiger partial charge in [0.15, 0.2) is 11.6 Å². The Morgan fingerprint density at radius 3 is 2.50 bits per heavy atom. The topological polar surface area (TPSA) is 12.0 Å². The zero-order valence-corrected chi connectivity index (χ0v) is 11.4. The van der Waals surface area contributed by atoms with Crippen molar-refractivity contribution in [2.24, 2.45) is 0 Å². The highest BCUT2D eigenvalue weighted by Gasteiger charge is 2.02. The van der Waals surface area contributed by atoms with Crippen LogP contribution in [-0.4, -0.2) is 0 Å². The first-order chi connectivity index (χ1) is 8.54. The lowest BCUT2D eigenvalue weighted by atomic mass is 10.2. The molecule has 1 nitrogen and oxygen atoms in total. The Morgan fingerprint density at radius 2 is 1.83 bits per heavy atom. The van der Waals surface area contributed by atoms with E-state index in [2.05, 4.69) is 21.2 Å². The normalized spacial score (nSPS) is 10.4. The van der Waals surface area contributed by atoms with Crippen LogP contribution in [0, 0.1) is 18.6 Å². The number of hydrogen-bond acceptors (Lipinski definition) is 1. The molecule has 0 aliphatic rings. The van der Waals surface area contributed by atoms with Crippen LogP contribution >= 0.6 is 15.9 Å². The van der Waals surface area contributed by atoms with Crippen molar-refractivity contribution in [3.8, 4) is 0 Å². The van der Waals surface area contributed by atoms with Gasteiger partial charge < -0.3 is 5.32 Å². The van der Waals surface area contributed by atoms with Crippen molar-refractivity contribution >= 4 is 21.6 Å². The highest BCUT2D eigenvalue weighted by atomic mass is 79.9. The van der Waals surface area contributed by atoms with Gasteiger partial charge in [-0.3, -0.25) is 0 Å². The molecule has 0 atom stereocenters. The van der Waals surface area contributed by atoms with E-state index < -0.39 is 11.6 Å². The summed E-state index contributed by atoms with van der Waals surface area (Å²) >= 11 is 3.41. The zero-order valence-electron chi connectivity index (χ0n) is 9.81. The Morgan fingerprint density at radius 1 is 1.06 bits per heavy atom. The van der Waals surface area contributed by atoms with Gasteiger partial charge in [-0.15, -0.1) is 0 Å². The molecular formula is C14H12BrF2N. The molecule has 0 fully saturated rings. The Labute approximate surface area is 113 Å². The third-order valence-corrected chi connectivity index (χ3v) is 2.98. The second-order valence-corrected chi connectivity index (χ2v) is 5.03.